The maximum Gasteiger partial charge on any atom is 0.134 e. The van der Waals surface area contributed by atoms with E-state index < -0.39 is 0 Å². The normalized spacial score (nSPS) is 12.6. The van der Waals surface area contributed by atoms with Crippen LogP contribution in [0.3, 0.4) is 0 Å². The minimum absolute atomic E-state index is 0. The first-order valence-corrected chi connectivity index (χ1v) is 21.6. The third-order valence-electron chi connectivity index (χ3n) is 12.4. The number of aromatic hydroxyl groups is 2. The Morgan fingerprint density at radius 1 is 0.477 bits per heavy atom. The summed E-state index contributed by atoms with van der Waals surface area (Å²) in [6.45, 7) is 20.3. The van der Waals surface area contributed by atoms with Crippen molar-refractivity contribution in [2.24, 2.45) is 0 Å². The standard InChI is InChI=1S/C55H55N4O4.2Co/c1-53(2,3)34-22-32(28-62-10)47(33(23-34)29-63-11)48-45-20-18-41(56-45)37-24-35(54(4,5)6)26-39(51(37)60)43-16-14-30-12-13-31-15-17-44(59-50(31)49(30)58-43)40-27-36(55(7,8)9)25-38(52(40)61)42-19-21-46(48)57-42;;/h12-27H,28-29H2,1-11H3,(H2-,56,57,58,59,60,61);;/q-1;;. The number of rotatable bonds is 5. The van der Waals surface area contributed by atoms with E-state index in [4.69, 9.17) is 29.4 Å². The Kier molecular flexibility index (Phi) is 12.8. The van der Waals surface area contributed by atoms with Gasteiger partial charge in [0.05, 0.1) is 46.7 Å². The maximum atomic E-state index is 12.4. The molecule has 0 saturated carbocycles. The summed E-state index contributed by atoms with van der Waals surface area (Å²) < 4.78 is 11.8. The predicted octanol–water partition coefficient (Wildman–Crippen LogP) is 13.2. The second kappa shape index (κ2) is 17.5. The minimum Gasteiger partial charge on any atom is -0.657 e. The number of hydrogen-bond donors (Lipinski definition) is 2. The molecule has 65 heavy (non-hydrogen) atoms. The zero-order valence-corrected chi connectivity index (χ0v) is 40.9. The van der Waals surface area contributed by atoms with Crippen LogP contribution in [0.4, 0.5) is 0 Å². The summed E-state index contributed by atoms with van der Waals surface area (Å²) in [5, 5.41) is 29.1. The molecule has 1 aliphatic heterocycles. The Labute approximate surface area is 401 Å². The predicted molar refractivity (Wildman–Crippen MR) is 260 cm³/mol. The summed E-state index contributed by atoms with van der Waals surface area (Å²) in [5.41, 5.74) is 11.4. The van der Waals surface area contributed by atoms with Crippen LogP contribution < -0.4 is 4.98 Å². The van der Waals surface area contributed by atoms with Gasteiger partial charge < -0.3 is 24.7 Å². The third kappa shape index (κ3) is 8.64. The number of pyridine rings is 2. The van der Waals surface area contributed by atoms with E-state index in [0.29, 0.717) is 79.2 Å². The Bertz CT molecular complexity index is 3330. The summed E-state index contributed by atoms with van der Waals surface area (Å²) in [7, 11) is 3.42. The van der Waals surface area contributed by atoms with Crippen molar-refractivity contribution in [1.29, 1.82) is 0 Å². The number of hydrogen-bond acceptors (Lipinski definition) is 7. The number of nitrogens with zero attached hydrogens (tertiary/aromatic N) is 4. The molecule has 0 saturated heterocycles. The van der Waals surface area contributed by atoms with E-state index in [1.165, 1.54) is 0 Å². The molecular formula is C55H55Co2N4O4-. The van der Waals surface area contributed by atoms with E-state index in [2.05, 4.69) is 74.4 Å². The number of benzene rings is 4. The molecule has 5 heterocycles. The molecule has 0 amide bonds. The van der Waals surface area contributed by atoms with Gasteiger partial charge in [0.1, 0.15) is 11.5 Å². The molecule has 0 fully saturated rings. The zero-order valence-electron chi connectivity index (χ0n) is 38.8. The average Bonchev–Trinajstić information content (AvgIpc) is 3.91. The summed E-state index contributed by atoms with van der Waals surface area (Å²) >= 11 is 0. The summed E-state index contributed by atoms with van der Waals surface area (Å²) in [6, 6.07) is 28.7. The van der Waals surface area contributed by atoms with Gasteiger partial charge in [-0.05, 0) is 104 Å². The fraction of sp³-hybridized carbons (Fsp3) is 0.291. The minimum atomic E-state index is -0.269. The molecule has 10 heteroatoms. The van der Waals surface area contributed by atoms with Gasteiger partial charge in [-0.3, -0.25) is 0 Å². The quantitative estimate of drug-likeness (QED) is 0.164. The van der Waals surface area contributed by atoms with Crippen molar-refractivity contribution in [3.63, 3.8) is 0 Å². The molecule has 0 spiro atoms. The Hall–Kier alpha value is -5.34. The number of ether oxygens (including phenoxy) is 2. The van der Waals surface area contributed by atoms with Gasteiger partial charge in [0.15, 0.2) is 0 Å². The smallest absolute Gasteiger partial charge is 0.134 e. The van der Waals surface area contributed by atoms with Crippen LogP contribution in [0.5, 0.6) is 11.5 Å². The van der Waals surface area contributed by atoms with Gasteiger partial charge in [0, 0.05) is 80.1 Å². The molecule has 338 valence electrons. The van der Waals surface area contributed by atoms with Crippen LogP contribution in [0, 0.1) is 0 Å². The molecule has 1 aliphatic rings. The molecular weight excluding hydrogens is 898 g/mol. The second-order valence-electron chi connectivity index (χ2n) is 20.0. The molecule has 2 N–H and O–H groups in total. The van der Waals surface area contributed by atoms with E-state index in [0.717, 1.165) is 49.7 Å². The fourth-order valence-corrected chi connectivity index (χ4v) is 8.73. The summed E-state index contributed by atoms with van der Waals surface area (Å²) in [4.78, 5) is 21.3. The van der Waals surface area contributed by atoms with Gasteiger partial charge in [0.2, 0.25) is 0 Å². The van der Waals surface area contributed by atoms with E-state index in [1.807, 2.05) is 84.9 Å². The van der Waals surface area contributed by atoms with Crippen LogP contribution in [-0.2, 0) is 72.5 Å². The number of phenolic OH excluding ortho intramolecular Hbond substituents is 2. The summed E-state index contributed by atoms with van der Waals surface area (Å²) in [6.07, 6.45) is 3.97. The molecule has 0 unspecified atom stereocenters. The van der Waals surface area contributed by atoms with Crippen molar-refractivity contribution in [3.05, 3.63) is 124 Å². The molecule has 9 rings (SSSR count). The van der Waals surface area contributed by atoms with Gasteiger partial charge in [-0.2, -0.15) is 0 Å². The van der Waals surface area contributed by atoms with E-state index in [9.17, 15) is 10.2 Å². The second-order valence-corrected chi connectivity index (χ2v) is 20.0. The van der Waals surface area contributed by atoms with Crippen molar-refractivity contribution in [2.45, 2.75) is 91.8 Å². The maximum absolute atomic E-state index is 12.4. The number of methoxy groups -OCH3 is 2. The number of fused-ring (bicyclic) bond motifs is 14. The van der Waals surface area contributed by atoms with Gasteiger partial charge in [-0.15, -0.1) is 11.0 Å². The Morgan fingerprint density at radius 3 is 1.38 bits per heavy atom. The number of phenols is 2. The first-order chi connectivity index (χ1) is 29.8. The van der Waals surface area contributed by atoms with Crippen LogP contribution in [0.15, 0.2) is 84.9 Å². The Morgan fingerprint density at radius 2 is 0.892 bits per heavy atom. The van der Waals surface area contributed by atoms with Crippen molar-refractivity contribution in [1.82, 2.24) is 19.9 Å². The number of aromatic nitrogens is 4. The van der Waals surface area contributed by atoms with Crippen LogP contribution in [0.1, 0.15) is 102 Å². The van der Waals surface area contributed by atoms with Crippen LogP contribution >= 0.6 is 0 Å². The molecule has 0 aliphatic carbocycles. The molecule has 4 aromatic heterocycles. The first kappa shape index (κ1) is 47.6. The summed E-state index contributed by atoms with van der Waals surface area (Å²) in [5.74, 6) is 0.179. The zero-order chi connectivity index (χ0) is 44.7. The van der Waals surface area contributed by atoms with E-state index >= 15 is 0 Å². The molecule has 2 radical (unpaired) electrons. The van der Waals surface area contributed by atoms with Crippen LogP contribution in [0.25, 0.3) is 88.7 Å². The SMILES string of the molecule is COCc1cc(C(C)(C)C)cc(COC)c1-c1c2nc(c3cc(C(C)(C)C)cc(c3O)c3ccc4ccc5ccc(nc5c4n3)c3cc(C(C)(C)C)cc(c3O)c3ccc1[n-]3)C=C2.[Co].[Co]. The van der Waals surface area contributed by atoms with Crippen molar-refractivity contribution < 1.29 is 53.2 Å². The van der Waals surface area contributed by atoms with E-state index in [1.54, 1.807) is 14.2 Å². The van der Waals surface area contributed by atoms with Crippen molar-refractivity contribution in [2.75, 3.05) is 14.2 Å². The molecule has 12 bridgehead atoms. The van der Waals surface area contributed by atoms with Crippen LogP contribution in [-0.4, -0.2) is 39.4 Å². The molecule has 8 nitrogen and oxygen atoms in total. The average molecular weight is 954 g/mol. The topological polar surface area (TPSA) is 112 Å². The van der Waals surface area contributed by atoms with Crippen LogP contribution in [0.2, 0.25) is 0 Å². The first-order valence-electron chi connectivity index (χ1n) is 21.6. The van der Waals surface area contributed by atoms with Gasteiger partial charge in [-0.1, -0.05) is 111 Å². The monoisotopic (exact) mass is 953 g/mol. The van der Waals surface area contributed by atoms with E-state index in [-0.39, 0.29) is 61.3 Å². The molecule has 8 aromatic rings. The van der Waals surface area contributed by atoms with Gasteiger partial charge in [0.25, 0.3) is 0 Å². The van der Waals surface area contributed by atoms with Gasteiger partial charge in [-0.25, -0.2) is 15.0 Å². The van der Waals surface area contributed by atoms with Crippen molar-refractivity contribution in [3.8, 4) is 22.6 Å². The van der Waals surface area contributed by atoms with Gasteiger partial charge >= 0.3 is 0 Å². The van der Waals surface area contributed by atoms with Crippen molar-refractivity contribution >= 4 is 77.6 Å². The largest absolute Gasteiger partial charge is 0.657 e. The molecule has 0 atom stereocenters. The fourth-order valence-electron chi connectivity index (χ4n) is 8.73. The molecule has 4 aromatic carbocycles. The third-order valence-corrected chi connectivity index (χ3v) is 12.4. The Balaban J connectivity index is 0.00000315.